The number of halogens is 1. The number of aliphatic imine (C=N–C) groups is 1. The number of amides is 1. The molecule has 0 spiro atoms. The Morgan fingerprint density at radius 2 is 2.22 bits per heavy atom. The van der Waals surface area contributed by atoms with Gasteiger partial charge in [0.05, 0.1) is 17.8 Å². The van der Waals surface area contributed by atoms with Crippen LogP contribution < -0.4 is 5.32 Å². The van der Waals surface area contributed by atoms with Crippen LogP contribution in [0.15, 0.2) is 28.6 Å². The fourth-order valence-corrected chi connectivity index (χ4v) is 4.62. The van der Waals surface area contributed by atoms with Crippen molar-refractivity contribution in [2.24, 2.45) is 4.99 Å². The third kappa shape index (κ3) is 2.55. The quantitative estimate of drug-likeness (QED) is 0.896. The molecule has 2 heterocycles. The maximum atomic E-state index is 14.6. The molecule has 1 aromatic carbocycles. The Bertz CT molecular complexity index is 731. The first-order valence-corrected chi connectivity index (χ1v) is 8.83. The monoisotopic (exact) mass is 331 g/mol. The normalized spacial score (nSPS) is 25.6. The van der Waals surface area contributed by atoms with E-state index >= 15 is 0 Å². The average Bonchev–Trinajstić information content (AvgIpc) is 3.06. The number of nitrogens with zero attached hydrogens (tertiary/aromatic N) is 2. The van der Waals surface area contributed by atoms with Gasteiger partial charge in [0.2, 0.25) is 5.91 Å². The number of hydrogen-bond acceptors (Lipinski definition) is 4. The van der Waals surface area contributed by atoms with Gasteiger partial charge in [-0.1, -0.05) is 24.6 Å². The van der Waals surface area contributed by atoms with Crippen molar-refractivity contribution in [1.29, 1.82) is 0 Å². The lowest BCUT2D eigenvalue weighted by Crippen LogP contribution is -2.38. The van der Waals surface area contributed by atoms with E-state index in [-0.39, 0.29) is 11.7 Å². The van der Waals surface area contributed by atoms with Crippen LogP contribution in [0, 0.1) is 5.82 Å². The summed E-state index contributed by atoms with van der Waals surface area (Å²) in [5.41, 5.74) is 1.95. The Balaban J connectivity index is 1.63. The topological polar surface area (TPSA) is 44.7 Å². The maximum absolute atomic E-state index is 14.6. The van der Waals surface area contributed by atoms with Crippen LogP contribution in [-0.2, 0) is 4.79 Å². The molecule has 0 aromatic heterocycles. The fourth-order valence-electron chi connectivity index (χ4n) is 3.62. The molecule has 2 aliphatic heterocycles. The Morgan fingerprint density at radius 1 is 1.39 bits per heavy atom. The molecule has 6 heteroatoms. The highest BCUT2D eigenvalue weighted by Gasteiger charge is 2.42. The standard InChI is InChI=1S/C17H18FN3OS/c1-10(22)19-11-6-7-12(13(18)8-11)16-9-23-17-20-14-4-2-3-5-15(14)21(16)17/h6-9,14-15H,2-5H2,1H3,(H,19,22)/t14-,15+/m0/s1. The lowest BCUT2D eigenvalue weighted by molar-refractivity contribution is -0.114. The van der Waals surface area contributed by atoms with E-state index in [1.807, 2.05) is 5.41 Å². The van der Waals surface area contributed by atoms with Gasteiger partial charge in [0.25, 0.3) is 0 Å². The van der Waals surface area contributed by atoms with Gasteiger partial charge >= 0.3 is 0 Å². The molecule has 1 aliphatic carbocycles. The molecule has 3 aliphatic rings. The second-order valence-electron chi connectivity index (χ2n) is 6.20. The van der Waals surface area contributed by atoms with Crippen LogP contribution in [0.25, 0.3) is 5.70 Å². The predicted octanol–water partition coefficient (Wildman–Crippen LogP) is 3.81. The van der Waals surface area contributed by atoms with Crippen molar-refractivity contribution >= 4 is 34.2 Å². The molecule has 1 aromatic rings. The van der Waals surface area contributed by atoms with Crippen molar-refractivity contribution in [3.8, 4) is 0 Å². The summed E-state index contributed by atoms with van der Waals surface area (Å²) < 4.78 is 14.6. The van der Waals surface area contributed by atoms with Crippen LogP contribution in [0.5, 0.6) is 0 Å². The number of nitrogens with one attached hydrogen (secondary N) is 1. The molecule has 0 bridgehead atoms. The first kappa shape index (κ1) is 14.8. The number of anilines is 1. The van der Waals surface area contributed by atoms with Gasteiger partial charge in [0.1, 0.15) is 5.82 Å². The lowest BCUT2D eigenvalue weighted by atomic mass is 9.90. The minimum atomic E-state index is -0.316. The molecule has 0 saturated heterocycles. The maximum Gasteiger partial charge on any atom is 0.221 e. The Kier molecular flexibility index (Phi) is 3.64. The number of rotatable bonds is 2. The van der Waals surface area contributed by atoms with Gasteiger partial charge in [-0.3, -0.25) is 9.79 Å². The number of fused-ring (bicyclic) bond motifs is 3. The first-order chi connectivity index (χ1) is 11.1. The zero-order chi connectivity index (χ0) is 16.0. The third-order valence-corrected chi connectivity index (χ3v) is 5.46. The molecule has 120 valence electrons. The molecule has 2 atom stereocenters. The van der Waals surface area contributed by atoms with Gasteiger partial charge in [0.15, 0.2) is 5.17 Å². The minimum absolute atomic E-state index is 0.202. The van der Waals surface area contributed by atoms with E-state index in [4.69, 9.17) is 4.99 Å². The molecule has 4 rings (SSSR count). The molecule has 0 radical (unpaired) electrons. The summed E-state index contributed by atoms with van der Waals surface area (Å²) in [4.78, 5) is 18.1. The van der Waals surface area contributed by atoms with Crippen LogP contribution in [0.4, 0.5) is 10.1 Å². The van der Waals surface area contributed by atoms with Gasteiger partial charge < -0.3 is 10.2 Å². The number of benzene rings is 1. The van der Waals surface area contributed by atoms with Crippen molar-refractivity contribution in [3.63, 3.8) is 0 Å². The number of thioether (sulfide) groups is 1. The average molecular weight is 331 g/mol. The summed E-state index contributed by atoms with van der Waals surface area (Å²) in [5, 5.41) is 5.60. The van der Waals surface area contributed by atoms with E-state index in [2.05, 4.69) is 10.2 Å². The van der Waals surface area contributed by atoms with E-state index in [1.54, 1.807) is 23.9 Å². The van der Waals surface area contributed by atoms with E-state index in [0.29, 0.717) is 23.3 Å². The van der Waals surface area contributed by atoms with E-state index < -0.39 is 0 Å². The zero-order valence-corrected chi connectivity index (χ0v) is 13.7. The summed E-state index contributed by atoms with van der Waals surface area (Å²) in [5.74, 6) is -0.518. The summed E-state index contributed by atoms with van der Waals surface area (Å²) >= 11 is 1.58. The highest BCUT2D eigenvalue weighted by atomic mass is 32.2. The van der Waals surface area contributed by atoms with Crippen molar-refractivity contribution in [2.75, 3.05) is 5.32 Å². The Morgan fingerprint density at radius 3 is 3.00 bits per heavy atom. The van der Waals surface area contributed by atoms with Gasteiger partial charge in [-0.15, -0.1) is 0 Å². The molecule has 1 N–H and O–H groups in total. The van der Waals surface area contributed by atoms with E-state index in [0.717, 1.165) is 23.7 Å². The van der Waals surface area contributed by atoms with Crippen LogP contribution in [0.3, 0.4) is 0 Å². The SMILES string of the molecule is CC(=O)Nc1ccc(C2=CSC3=N[C@H]4CCCC[C@H]4N23)c(F)c1. The van der Waals surface area contributed by atoms with Gasteiger partial charge in [0, 0.05) is 23.6 Å². The highest BCUT2D eigenvalue weighted by molar-refractivity contribution is 8.16. The van der Waals surface area contributed by atoms with Crippen molar-refractivity contribution in [1.82, 2.24) is 4.90 Å². The fraction of sp³-hybridized carbons (Fsp3) is 0.412. The molecule has 0 unspecified atom stereocenters. The Labute approximate surface area is 138 Å². The minimum Gasteiger partial charge on any atom is -0.326 e. The second kappa shape index (κ2) is 5.67. The van der Waals surface area contributed by atoms with Crippen molar-refractivity contribution < 1.29 is 9.18 Å². The number of hydrogen-bond donors (Lipinski definition) is 1. The molecule has 23 heavy (non-hydrogen) atoms. The summed E-state index contributed by atoms with van der Waals surface area (Å²) in [7, 11) is 0. The van der Waals surface area contributed by atoms with E-state index in [9.17, 15) is 9.18 Å². The lowest BCUT2D eigenvalue weighted by Gasteiger charge is -2.32. The highest BCUT2D eigenvalue weighted by Crippen LogP contribution is 2.44. The van der Waals surface area contributed by atoms with Crippen LogP contribution >= 0.6 is 11.8 Å². The number of carbonyl (C=O) groups excluding carboxylic acids is 1. The molecule has 1 amide bonds. The second-order valence-corrected chi connectivity index (χ2v) is 7.03. The van der Waals surface area contributed by atoms with Crippen LogP contribution in [-0.4, -0.2) is 28.1 Å². The van der Waals surface area contributed by atoms with Crippen LogP contribution in [0.1, 0.15) is 38.2 Å². The Hall–Kier alpha value is -1.82. The summed E-state index contributed by atoms with van der Waals surface area (Å²) in [6.07, 6.45) is 4.68. The molecule has 1 saturated carbocycles. The molecule has 1 fully saturated rings. The predicted molar refractivity (Wildman–Crippen MR) is 91.6 cm³/mol. The largest absolute Gasteiger partial charge is 0.326 e. The van der Waals surface area contributed by atoms with Crippen molar-refractivity contribution in [2.45, 2.75) is 44.7 Å². The summed E-state index contributed by atoms with van der Waals surface area (Å²) in [6.45, 7) is 1.41. The first-order valence-electron chi connectivity index (χ1n) is 7.95. The van der Waals surface area contributed by atoms with Gasteiger partial charge in [-0.05, 0) is 31.0 Å². The zero-order valence-electron chi connectivity index (χ0n) is 12.9. The van der Waals surface area contributed by atoms with Gasteiger partial charge in [-0.2, -0.15) is 0 Å². The van der Waals surface area contributed by atoms with Gasteiger partial charge in [-0.25, -0.2) is 4.39 Å². The van der Waals surface area contributed by atoms with Crippen LogP contribution in [0.2, 0.25) is 0 Å². The van der Waals surface area contributed by atoms with E-state index in [1.165, 1.54) is 25.8 Å². The van der Waals surface area contributed by atoms with Crippen molar-refractivity contribution in [3.05, 3.63) is 35.0 Å². The third-order valence-electron chi connectivity index (χ3n) is 4.61. The molecular formula is C17H18FN3OS. The summed E-state index contributed by atoms with van der Waals surface area (Å²) in [6, 6.07) is 5.60. The number of carbonyl (C=O) groups is 1. The molecule has 4 nitrogen and oxygen atoms in total. The molecular weight excluding hydrogens is 313 g/mol. The number of amidine groups is 1. The smallest absolute Gasteiger partial charge is 0.221 e.